The quantitative estimate of drug-likeness (QED) is 0.0549. The van der Waals surface area contributed by atoms with Crippen molar-refractivity contribution in [1.82, 2.24) is 0 Å². The average molecular weight is 971 g/mol. The number of rotatable bonds is 25. The van der Waals surface area contributed by atoms with Crippen molar-refractivity contribution in [3.63, 3.8) is 0 Å². The fraction of sp³-hybridized carbons (Fsp3) is 0.351. The van der Waals surface area contributed by atoms with Gasteiger partial charge >= 0.3 is 5.97 Å². The maximum Gasteiger partial charge on any atom is 0.315 e. The molecule has 12 nitrogen and oxygen atoms in total. The van der Waals surface area contributed by atoms with Crippen molar-refractivity contribution in [3.8, 4) is 0 Å². The molecule has 0 saturated carbocycles. The summed E-state index contributed by atoms with van der Waals surface area (Å²) in [5, 5.41) is 11.0. The van der Waals surface area contributed by atoms with Crippen molar-refractivity contribution in [1.29, 1.82) is 0 Å². The Kier molecular flexibility index (Phi) is 20.0. The van der Waals surface area contributed by atoms with Gasteiger partial charge in [0.1, 0.15) is 54.3 Å². The van der Waals surface area contributed by atoms with Crippen molar-refractivity contribution >= 4 is 17.7 Å². The molecule has 13 heteroatoms. The molecule has 0 radical (unpaired) electrons. The first-order chi connectivity index (χ1) is 34.5. The van der Waals surface area contributed by atoms with Crippen LogP contribution in [0.15, 0.2) is 182 Å². The molecule has 2 aliphatic rings. The van der Waals surface area contributed by atoms with Gasteiger partial charge in [-0.1, -0.05) is 182 Å². The Morgan fingerprint density at radius 2 is 0.757 bits per heavy atom. The van der Waals surface area contributed by atoms with E-state index >= 15 is 0 Å². The van der Waals surface area contributed by atoms with Gasteiger partial charge < -0.3 is 52.5 Å². The van der Waals surface area contributed by atoms with Crippen LogP contribution in [0.2, 0.25) is 0 Å². The highest BCUT2D eigenvalue weighted by Crippen LogP contribution is 2.37. The van der Waals surface area contributed by atoms with Gasteiger partial charge in [-0.25, -0.2) is 0 Å². The average Bonchev–Trinajstić information content (AvgIpc) is 3.42. The van der Waals surface area contributed by atoms with Gasteiger partial charge in [0.05, 0.1) is 65.7 Å². The minimum atomic E-state index is -1.09. The summed E-state index contributed by atoms with van der Waals surface area (Å²) in [4.78, 5) is 12.8. The Hall–Kier alpha value is -5.26. The molecule has 6 aromatic carbocycles. The number of hydrogen-bond acceptors (Lipinski definition) is 13. The second-order valence-corrected chi connectivity index (χ2v) is 18.1. The number of hydrogen-bond donors (Lipinski definition) is 1. The number of aliphatic hydroxyl groups is 1. The number of ether oxygens (including phenoxy) is 10. The Morgan fingerprint density at radius 3 is 1.13 bits per heavy atom. The molecule has 8 rings (SSSR count). The minimum Gasteiger partial charge on any atom is -0.468 e. The molecule has 2 fully saturated rings. The molecule has 6 aromatic rings. The first-order valence-corrected chi connectivity index (χ1v) is 24.7. The van der Waals surface area contributed by atoms with Crippen molar-refractivity contribution in [3.05, 3.63) is 215 Å². The summed E-state index contributed by atoms with van der Waals surface area (Å²) >= 11 is 1.26. The molecule has 0 unspecified atom stereocenters. The second-order valence-electron chi connectivity index (χ2n) is 17.1. The Labute approximate surface area is 415 Å². The lowest BCUT2D eigenvalue weighted by atomic mass is 9.97. The largest absolute Gasteiger partial charge is 0.468 e. The number of benzene rings is 6. The van der Waals surface area contributed by atoms with Gasteiger partial charge in [0.15, 0.2) is 6.29 Å². The smallest absolute Gasteiger partial charge is 0.315 e. The Morgan fingerprint density at radius 1 is 0.429 bits per heavy atom. The van der Waals surface area contributed by atoms with Crippen LogP contribution in [-0.2, 0) is 91.8 Å². The van der Waals surface area contributed by atoms with Crippen LogP contribution in [0, 0.1) is 0 Å². The third kappa shape index (κ3) is 14.9. The highest BCUT2D eigenvalue weighted by Gasteiger charge is 2.52. The number of carbonyl (C=O) groups is 1. The third-order valence-corrected chi connectivity index (χ3v) is 13.2. The van der Waals surface area contributed by atoms with Crippen molar-refractivity contribution in [2.75, 3.05) is 26.1 Å². The molecular weight excluding hydrogens is 909 g/mol. The van der Waals surface area contributed by atoms with E-state index < -0.39 is 66.5 Å². The third-order valence-electron chi connectivity index (χ3n) is 12.1. The maximum absolute atomic E-state index is 12.8. The van der Waals surface area contributed by atoms with Crippen LogP contribution in [-0.4, -0.2) is 97.7 Å². The molecule has 2 saturated heterocycles. The highest BCUT2D eigenvalue weighted by molar-refractivity contribution is 8.00. The molecule has 70 heavy (non-hydrogen) atoms. The first-order valence-electron chi connectivity index (χ1n) is 23.7. The number of methoxy groups -OCH3 is 1. The van der Waals surface area contributed by atoms with Gasteiger partial charge in [0, 0.05) is 0 Å². The molecule has 0 aliphatic carbocycles. The van der Waals surface area contributed by atoms with Gasteiger partial charge in [-0.05, 0) is 33.4 Å². The van der Waals surface area contributed by atoms with Gasteiger partial charge in [-0.2, -0.15) is 0 Å². The summed E-state index contributed by atoms with van der Waals surface area (Å²) in [5.74, 6) is -0.424. The molecule has 2 heterocycles. The van der Waals surface area contributed by atoms with E-state index in [-0.39, 0.29) is 58.6 Å². The number of thioether (sulfide) groups is 1. The summed E-state index contributed by atoms with van der Waals surface area (Å²) < 4.78 is 66.6. The first kappa shape index (κ1) is 51.1. The molecule has 0 bridgehead atoms. The van der Waals surface area contributed by atoms with E-state index in [0.29, 0.717) is 0 Å². The topological polar surface area (TPSA) is 130 Å². The molecule has 10 atom stereocenters. The van der Waals surface area contributed by atoms with Crippen LogP contribution in [0.3, 0.4) is 0 Å². The van der Waals surface area contributed by atoms with Crippen LogP contribution in [0.1, 0.15) is 33.4 Å². The highest BCUT2D eigenvalue weighted by atomic mass is 32.2. The van der Waals surface area contributed by atoms with E-state index in [1.807, 2.05) is 182 Å². The number of esters is 1. The summed E-state index contributed by atoms with van der Waals surface area (Å²) in [6.07, 6.45) is -7.40. The van der Waals surface area contributed by atoms with E-state index in [0.717, 1.165) is 33.4 Å². The molecule has 368 valence electrons. The predicted octanol–water partition coefficient (Wildman–Crippen LogP) is 8.86. The van der Waals surface area contributed by atoms with E-state index in [2.05, 4.69) is 0 Å². The van der Waals surface area contributed by atoms with E-state index in [9.17, 15) is 9.90 Å². The molecular formula is C57H62O12S. The van der Waals surface area contributed by atoms with Gasteiger partial charge in [0.25, 0.3) is 0 Å². The minimum absolute atomic E-state index is 0.00892. The normalized spacial score (nSPS) is 24.5. The van der Waals surface area contributed by atoms with Crippen LogP contribution < -0.4 is 0 Å². The Bertz CT molecular complexity index is 2370. The fourth-order valence-corrected chi connectivity index (χ4v) is 9.50. The zero-order valence-electron chi connectivity index (χ0n) is 39.3. The Balaban J connectivity index is 1.13. The maximum atomic E-state index is 12.8. The molecule has 0 aromatic heterocycles. The van der Waals surface area contributed by atoms with Gasteiger partial charge in [-0.15, -0.1) is 11.8 Å². The fourth-order valence-electron chi connectivity index (χ4n) is 8.44. The van der Waals surface area contributed by atoms with Crippen molar-refractivity contribution in [2.45, 2.75) is 100 Å². The van der Waals surface area contributed by atoms with E-state index in [1.54, 1.807) is 0 Å². The SMILES string of the molecule is COC(=O)CS[C@H]1O[C@H](CO[C@H]2O[C@H](CO)[C@@H](OCc3ccccc3)[C@H](OCc3ccccc3)[C@H]2OCc2ccccc2)[C@@H](OCc2ccccc2)[C@H](OCc2ccccc2)[C@H]1OCc1ccccc1. The van der Waals surface area contributed by atoms with E-state index in [4.69, 9.17) is 47.4 Å². The molecule has 0 amide bonds. The molecule has 0 spiro atoms. The lowest BCUT2D eigenvalue weighted by Gasteiger charge is -2.48. The monoisotopic (exact) mass is 970 g/mol. The molecule has 2 aliphatic heterocycles. The zero-order valence-corrected chi connectivity index (χ0v) is 40.1. The summed E-state index contributed by atoms with van der Waals surface area (Å²) in [6.45, 7) is 0.935. The molecule has 1 N–H and O–H groups in total. The second kappa shape index (κ2) is 27.4. The summed E-state index contributed by atoms with van der Waals surface area (Å²) in [6, 6.07) is 59.2. The summed E-state index contributed by atoms with van der Waals surface area (Å²) in [7, 11) is 1.36. The van der Waals surface area contributed by atoms with E-state index in [1.165, 1.54) is 18.9 Å². The van der Waals surface area contributed by atoms with Crippen LogP contribution >= 0.6 is 11.8 Å². The lowest BCUT2D eigenvalue weighted by molar-refractivity contribution is -0.336. The van der Waals surface area contributed by atoms with Crippen LogP contribution in [0.5, 0.6) is 0 Å². The predicted molar refractivity (Wildman–Crippen MR) is 265 cm³/mol. The van der Waals surface area contributed by atoms with Crippen LogP contribution in [0.25, 0.3) is 0 Å². The standard InChI is InChI=1S/C57H62O12S/c1-60-49(59)40-70-57-55(66-38-46-30-18-7-19-31-46)53(64-36-44-26-14-5-15-27-44)51(62-34-42-22-10-3-11-23-42)48(69-57)39-67-56-54(65-37-45-28-16-6-17-29-45)52(63-35-43-24-12-4-13-25-43)50(47(32-58)68-56)61-33-41-20-8-2-9-21-41/h2-31,47-48,50-58H,32-40H2,1H3/t47-,48-,50-,51-,52+,53+,54-,55-,56+,57-/m1/s1. The number of aliphatic hydroxyl groups excluding tert-OH is 1. The van der Waals surface area contributed by atoms with Crippen LogP contribution in [0.4, 0.5) is 0 Å². The van der Waals surface area contributed by atoms with Gasteiger partial charge in [-0.3, -0.25) is 4.79 Å². The number of carbonyl (C=O) groups excluding carboxylic acids is 1. The van der Waals surface area contributed by atoms with Crippen molar-refractivity contribution in [2.24, 2.45) is 0 Å². The zero-order chi connectivity index (χ0) is 48.2. The van der Waals surface area contributed by atoms with Gasteiger partial charge in [0.2, 0.25) is 0 Å². The lowest BCUT2D eigenvalue weighted by Crippen LogP contribution is -2.63. The van der Waals surface area contributed by atoms with Crippen molar-refractivity contribution < 1.29 is 57.3 Å². The summed E-state index contributed by atoms with van der Waals surface area (Å²) in [5.41, 5.74) is 4.95.